The number of benzene rings is 3. The first-order chi connectivity index (χ1) is 16.0. The zero-order valence-electron chi connectivity index (χ0n) is 18.0. The van der Waals surface area contributed by atoms with Gasteiger partial charge in [-0.2, -0.15) is 0 Å². The minimum Gasteiger partial charge on any atom is -0.495 e. The molecule has 0 bridgehead atoms. The number of amides is 1. The number of rotatable bonds is 8. The van der Waals surface area contributed by atoms with Crippen LogP contribution in [0.4, 0.5) is 10.1 Å². The summed E-state index contributed by atoms with van der Waals surface area (Å²) < 4.78 is 20.1. The molecule has 0 aliphatic carbocycles. The van der Waals surface area contributed by atoms with Gasteiger partial charge >= 0.3 is 0 Å². The molecule has 1 aromatic heterocycles. The summed E-state index contributed by atoms with van der Waals surface area (Å²) in [7, 11) is 1.54. The van der Waals surface area contributed by atoms with Crippen molar-refractivity contribution in [3.8, 4) is 5.75 Å². The molecule has 4 aromatic rings. The van der Waals surface area contributed by atoms with Gasteiger partial charge in [-0.25, -0.2) is 9.37 Å². The fourth-order valence-corrected chi connectivity index (χ4v) is 4.24. The molecule has 1 N–H and O–H groups in total. The van der Waals surface area contributed by atoms with Crippen molar-refractivity contribution in [1.82, 2.24) is 9.55 Å². The number of thioether (sulfide) groups is 1. The topological polar surface area (TPSA) is 73.2 Å². The highest BCUT2D eigenvalue weighted by Crippen LogP contribution is 2.24. The average Bonchev–Trinajstić information content (AvgIpc) is 2.84. The van der Waals surface area contributed by atoms with Gasteiger partial charge < -0.3 is 10.1 Å². The van der Waals surface area contributed by atoms with Gasteiger partial charge in [0.2, 0.25) is 5.91 Å². The van der Waals surface area contributed by atoms with E-state index in [9.17, 15) is 14.0 Å². The van der Waals surface area contributed by atoms with Crippen molar-refractivity contribution in [1.29, 1.82) is 0 Å². The predicted molar refractivity (Wildman–Crippen MR) is 128 cm³/mol. The maximum absolute atomic E-state index is 13.2. The number of nitrogens with zero attached hydrogens (tertiary/aromatic N) is 2. The van der Waals surface area contributed by atoms with E-state index < -0.39 is 0 Å². The van der Waals surface area contributed by atoms with Gasteiger partial charge in [0.05, 0.1) is 29.5 Å². The summed E-state index contributed by atoms with van der Waals surface area (Å²) in [6.07, 6.45) is 0.529. The molecule has 0 aliphatic rings. The Bertz CT molecular complexity index is 1340. The molecule has 4 rings (SSSR count). The molecule has 0 unspecified atom stereocenters. The molecule has 0 fully saturated rings. The van der Waals surface area contributed by atoms with E-state index in [0.29, 0.717) is 40.5 Å². The number of halogens is 1. The van der Waals surface area contributed by atoms with E-state index in [1.165, 1.54) is 23.9 Å². The molecule has 33 heavy (non-hydrogen) atoms. The first-order valence-electron chi connectivity index (χ1n) is 10.3. The van der Waals surface area contributed by atoms with Crippen molar-refractivity contribution in [2.45, 2.75) is 18.1 Å². The molecule has 0 radical (unpaired) electrons. The molecule has 0 saturated carbocycles. The molecule has 8 heteroatoms. The molecular formula is C25H22FN3O3S. The van der Waals surface area contributed by atoms with Crippen molar-refractivity contribution in [3.63, 3.8) is 0 Å². The highest BCUT2D eigenvalue weighted by atomic mass is 32.2. The van der Waals surface area contributed by atoms with Crippen molar-refractivity contribution in [2.24, 2.45) is 0 Å². The summed E-state index contributed by atoms with van der Waals surface area (Å²) in [4.78, 5) is 30.4. The zero-order chi connectivity index (χ0) is 23.2. The van der Waals surface area contributed by atoms with Gasteiger partial charge in [0.25, 0.3) is 5.56 Å². The van der Waals surface area contributed by atoms with Gasteiger partial charge in [-0.1, -0.05) is 48.2 Å². The summed E-state index contributed by atoms with van der Waals surface area (Å²) in [6.45, 7) is 0.360. The van der Waals surface area contributed by atoms with Crippen molar-refractivity contribution < 1.29 is 13.9 Å². The highest BCUT2D eigenvalue weighted by molar-refractivity contribution is 7.99. The van der Waals surface area contributed by atoms with Gasteiger partial charge in [0, 0.05) is 6.54 Å². The lowest BCUT2D eigenvalue weighted by molar-refractivity contribution is -0.113. The Kier molecular flexibility index (Phi) is 7.04. The van der Waals surface area contributed by atoms with E-state index in [1.807, 2.05) is 18.2 Å². The van der Waals surface area contributed by atoms with Crippen molar-refractivity contribution >= 4 is 34.3 Å². The second kappa shape index (κ2) is 10.3. The first kappa shape index (κ1) is 22.5. The molecule has 0 aliphatic heterocycles. The Morgan fingerprint density at radius 2 is 1.79 bits per heavy atom. The van der Waals surface area contributed by atoms with Crippen LogP contribution in [0.1, 0.15) is 5.56 Å². The molecule has 1 amide bonds. The number of aromatic nitrogens is 2. The van der Waals surface area contributed by atoms with Gasteiger partial charge in [-0.05, 0) is 48.4 Å². The Labute approximate surface area is 194 Å². The smallest absolute Gasteiger partial charge is 0.262 e. The number of fused-ring (bicyclic) bond motifs is 1. The third-order valence-electron chi connectivity index (χ3n) is 5.08. The second-order valence-corrected chi connectivity index (χ2v) is 8.22. The zero-order valence-corrected chi connectivity index (χ0v) is 18.8. The molecule has 168 valence electrons. The number of carbonyl (C=O) groups is 1. The number of ether oxygens (including phenoxy) is 1. The van der Waals surface area contributed by atoms with Crippen LogP contribution in [0.3, 0.4) is 0 Å². The molecule has 0 saturated heterocycles. The lowest BCUT2D eigenvalue weighted by Gasteiger charge is -2.14. The van der Waals surface area contributed by atoms with Crippen LogP contribution < -0.4 is 15.6 Å². The number of para-hydroxylation sites is 3. The highest BCUT2D eigenvalue weighted by Gasteiger charge is 2.14. The van der Waals surface area contributed by atoms with Gasteiger partial charge in [0.15, 0.2) is 5.16 Å². The SMILES string of the molecule is COc1ccccc1NC(=O)CSc1nc2ccccc2c(=O)n1CCc1ccc(F)cc1. The standard InChI is InChI=1S/C25H22FN3O3S/c1-32-22-9-5-4-8-21(22)27-23(30)16-33-25-28-20-7-3-2-6-19(20)24(31)29(25)15-14-17-10-12-18(26)13-11-17/h2-13H,14-16H2,1H3,(H,27,30). The van der Waals surface area contributed by atoms with E-state index in [2.05, 4.69) is 10.3 Å². The maximum atomic E-state index is 13.2. The second-order valence-electron chi connectivity index (χ2n) is 7.28. The van der Waals surface area contributed by atoms with Gasteiger partial charge in [0.1, 0.15) is 11.6 Å². The van der Waals surface area contributed by atoms with E-state index in [-0.39, 0.29) is 23.0 Å². The Morgan fingerprint density at radius 3 is 2.58 bits per heavy atom. The van der Waals surface area contributed by atoms with Crippen LogP contribution in [0.5, 0.6) is 5.75 Å². The number of methoxy groups -OCH3 is 1. The number of aryl methyl sites for hydroxylation is 1. The Balaban J connectivity index is 1.56. The monoisotopic (exact) mass is 463 g/mol. The van der Waals surface area contributed by atoms with Gasteiger partial charge in [-0.3, -0.25) is 14.2 Å². The summed E-state index contributed by atoms with van der Waals surface area (Å²) >= 11 is 1.19. The maximum Gasteiger partial charge on any atom is 0.262 e. The van der Waals surface area contributed by atoms with Crippen LogP contribution in [0.2, 0.25) is 0 Å². The summed E-state index contributed by atoms with van der Waals surface area (Å²) in [5.41, 5.74) is 1.88. The number of carbonyl (C=O) groups excluding carboxylic acids is 1. The Hall–Kier alpha value is -3.65. The summed E-state index contributed by atoms with van der Waals surface area (Å²) in [5.74, 6) is 0.0906. The fraction of sp³-hybridized carbons (Fsp3) is 0.160. The quantitative estimate of drug-likeness (QED) is 0.307. The number of anilines is 1. The van der Waals surface area contributed by atoms with Crippen LogP contribution >= 0.6 is 11.8 Å². The third-order valence-corrected chi connectivity index (χ3v) is 6.05. The summed E-state index contributed by atoms with van der Waals surface area (Å²) in [5, 5.41) is 3.80. The molecule has 0 spiro atoms. The van der Waals surface area contributed by atoms with Crippen LogP contribution in [0.25, 0.3) is 10.9 Å². The van der Waals surface area contributed by atoms with Crippen LogP contribution in [-0.4, -0.2) is 28.3 Å². The van der Waals surface area contributed by atoms with Crippen molar-refractivity contribution in [3.05, 3.63) is 94.5 Å². The minimum absolute atomic E-state index is 0.0688. The fourth-order valence-electron chi connectivity index (χ4n) is 3.41. The van der Waals surface area contributed by atoms with E-state index in [0.717, 1.165) is 5.56 Å². The predicted octanol–water partition coefficient (Wildman–Crippen LogP) is 4.52. The van der Waals surface area contributed by atoms with Crippen LogP contribution in [0, 0.1) is 5.82 Å². The Morgan fingerprint density at radius 1 is 1.06 bits per heavy atom. The molecule has 0 atom stereocenters. The lowest BCUT2D eigenvalue weighted by Crippen LogP contribution is -2.25. The molecular weight excluding hydrogens is 441 g/mol. The number of nitrogens with one attached hydrogen (secondary N) is 1. The van der Waals surface area contributed by atoms with E-state index >= 15 is 0 Å². The van der Waals surface area contributed by atoms with Crippen LogP contribution in [-0.2, 0) is 17.8 Å². The van der Waals surface area contributed by atoms with E-state index in [4.69, 9.17) is 4.74 Å². The minimum atomic E-state index is -0.305. The number of hydrogen-bond acceptors (Lipinski definition) is 5. The lowest BCUT2D eigenvalue weighted by atomic mass is 10.1. The average molecular weight is 464 g/mol. The van der Waals surface area contributed by atoms with Crippen molar-refractivity contribution in [2.75, 3.05) is 18.2 Å². The first-order valence-corrected chi connectivity index (χ1v) is 11.3. The molecule has 1 heterocycles. The van der Waals surface area contributed by atoms with Gasteiger partial charge in [-0.15, -0.1) is 0 Å². The van der Waals surface area contributed by atoms with Crippen LogP contribution in [0.15, 0.2) is 82.7 Å². The molecule has 6 nitrogen and oxygen atoms in total. The van der Waals surface area contributed by atoms with E-state index in [1.54, 1.807) is 54.1 Å². The third kappa shape index (κ3) is 5.40. The summed E-state index contributed by atoms with van der Waals surface area (Å²) in [6, 6.07) is 20.5. The molecule has 3 aromatic carbocycles. The normalized spacial score (nSPS) is 10.8. The largest absolute Gasteiger partial charge is 0.495 e. The number of hydrogen-bond donors (Lipinski definition) is 1.